The third kappa shape index (κ3) is 5.83. The number of anilines is 1. The van der Waals surface area contributed by atoms with Crippen LogP contribution in [0.15, 0.2) is 48.7 Å². The number of pyridine rings is 1. The van der Waals surface area contributed by atoms with Crippen LogP contribution in [0.25, 0.3) is 0 Å². The largest absolute Gasteiger partial charge is 0.494 e. The fourth-order valence-corrected chi connectivity index (χ4v) is 2.22. The maximum Gasteiger partial charge on any atom is 0.242 e. The van der Waals surface area contributed by atoms with E-state index in [4.69, 9.17) is 16.3 Å². The van der Waals surface area contributed by atoms with E-state index in [1.54, 1.807) is 24.4 Å². The van der Waals surface area contributed by atoms with Gasteiger partial charge in [0.1, 0.15) is 11.6 Å². The first-order chi connectivity index (χ1) is 11.6. The number of ether oxygens (including phenoxy) is 1. The van der Waals surface area contributed by atoms with Crippen LogP contribution < -0.4 is 10.1 Å². The summed E-state index contributed by atoms with van der Waals surface area (Å²) < 4.78 is 5.65. The highest BCUT2D eigenvalue weighted by Crippen LogP contribution is 2.15. The smallest absolute Gasteiger partial charge is 0.242 e. The van der Waals surface area contributed by atoms with Crippen LogP contribution in [0.4, 0.5) is 5.82 Å². The molecule has 0 spiro atoms. The van der Waals surface area contributed by atoms with Gasteiger partial charge < -0.3 is 10.1 Å². The predicted octanol–water partition coefficient (Wildman–Crippen LogP) is 3.46. The lowest BCUT2D eigenvalue weighted by molar-refractivity contribution is -0.120. The molecule has 128 valence electrons. The topological polar surface area (TPSA) is 54.5 Å². The molecule has 0 saturated heterocycles. The molecular weight excluding hydrogens is 326 g/mol. The summed E-state index contributed by atoms with van der Waals surface area (Å²) in [5.74, 6) is 1.28. The van der Waals surface area contributed by atoms with E-state index in [0.29, 0.717) is 17.4 Å². The molecule has 1 atom stereocenters. The predicted molar refractivity (Wildman–Crippen MR) is 96.5 cm³/mol. The van der Waals surface area contributed by atoms with Crippen molar-refractivity contribution in [1.29, 1.82) is 0 Å². The van der Waals surface area contributed by atoms with Crippen molar-refractivity contribution in [2.24, 2.45) is 0 Å². The van der Waals surface area contributed by atoms with Gasteiger partial charge in [-0.15, -0.1) is 0 Å². The SMILES string of the molecule is CC(C(=O)Nc1ccccn1)N(C)CCCOc1ccc(Cl)cc1. The number of carbonyl (C=O) groups excluding carboxylic acids is 1. The third-order valence-electron chi connectivity index (χ3n) is 3.69. The number of nitrogens with one attached hydrogen (secondary N) is 1. The molecule has 0 bridgehead atoms. The number of nitrogens with zero attached hydrogens (tertiary/aromatic N) is 2. The van der Waals surface area contributed by atoms with Crippen molar-refractivity contribution in [2.75, 3.05) is 25.5 Å². The summed E-state index contributed by atoms with van der Waals surface area (Å²) in [6.45, 7) is 3.21. The van der Waals surface area contributed by atoms with E-state index in [9.17, 15) is 4.79 Å². The Labute approximate surface area is 147 Å². The molecule has 2 aromatic rings. The van der Waals surface area contributed by atoms with Crippen molar-refractivity contribution < 1.29 is 9.53 Å². The number of rotatable bonds is 8. The maximum absolute atomic E-state index is 12.2. The average molecular weight is 348 g/mol. The first kappa shape index (κ1) is 18.2. The zero-order chi connectivity index (χ0) is 17.4. The lowest BCUT2D eigenvalue weighted by Crippen LogP contribution is -2.40. The minimum atomic E-state index is -0.248. The van der Waals surface area contributed by atoms with Crippen molar-refractivity contribution in [3.8, 4) is 5.75 Å². The molecule has 6 heteroatoms. The molecule has 1 N–H and O–H groups in total. The van der Waals surface area contributed by atoms with Gasteiger partial charge in [0.2, 0.25) is 5.91 Å². The van der Waals surface area contributed by atoms with Crippen LogP contribution in [-0.2, 0) is 4.79 Å². The lowest BCUT2D eigenvalue weighted by Gasteiger charge is -2.23. The second-order valence-corrected chi connectivity index (χ2v) is 5.95. The fourth-order valence-electron chi connectivity index (χ4n) is 2.10. The van der Waals surface area contributed by atoms with Gasteiger partial charge in [-0.1, -0.05) is 17.7 Å². The van der Waals surface area contributed by atoms with Crippen LogP contribution in [0.1, 0.15) is 13.3 Å². The molecule has 1 amide bonds. The Kier molecular flexibility index (Phi) is 7.03. The quantitative estimate of drug-likeness (QED) is 0.743. The van der Waals surface area contributed by atoms with Crippen LogP contribution in [0.5, 0.6) is 5.75 Å². The molecule has 0 aliphatic heterocycles. The minimum Gasteiger partial charge on any atom is -0.494 e. The van der Waals surface area contributed by atoms with Crippen LogP contribution in [0.2, 0.25) is 5.02 Å². The van der Waals surface area contributed by atoms with Crippen molar-refractivity contribution in [1.82, 2.24) is 9.88 Å². The molecule has 1 unspecified atom stereocenters. The Hall–Kier alpha value is -2.11. The summed E-state index contributed by atoms with van der Waals surface area (Å²) in [5, 5.41) is 3.50. The van der Waals surface area contributed by atoms with Crippen molar-refractivity contribution >= 4 is 23.3 Å². The molecule has 1 aromatic heterocycles. The molecule has 1 aromatic carbocycles. The Morgan fingerprint density at radius 3 is 2.71 bits per heavy atom. The number of amides is 1. The van der Waals surface area contributed by atoms with Gasteiger partial charge in [-0.3, -0.25) is 9.69 Å². The van der Waals surface area contributed by atoms with E-state index in [1.807, 2.05) is 43.1 Å². The number of halogens is 1. The first-order valence-corrected chi connectivity index (χ1v) is 8.24. The number of carbonyl (C=O) groups is 1. The zero-order valence-corrected chi connectivity index (χ0v) is 14.7. The van der Waals surface area contributed by atoms with E-state index < -0.39 is 0 Å². The lowest BCUT2D eigenvalue weighted by atomic mass is 10.2. The summed E-state index contributed by atoms with van der Waals surface area (Å²) in [5.41, 5.74) is 0. The number of hydrogen-bond donors (Lipinski definition) is 1. The number of benzene rings is 1. The molecule has 0 aliphatic carbocycles. The second-order valence-electron chi connectivity index (χ2n) is 5.52. The van der Waals surface area contributed by atoms with E-state index >= 15 is 0 Å². The Balaban J connectivity index is 1.70. The van der Waals surface area contributed by atoms with Gasteiger partial charge in [0.05, 0.1) is 12.6 Å². The molecule has 2 rings (SSSR count). The van der Waals surface area contributed by atoms with Crippen LogP contribution in [0, 0.1) is 0 Å². The van der Waals surface area contributed by atoms with E-state index in [2.05, 4.69) is 10.3 Å². The summed E-state index contributed by atoms with van der Waals surface area (Å²) >= 11 is 5.83. The van der Waals surface area contributed by atoms with Crippen LogP contribution in [-0.4, -0.2) is 42.0 Å². The number of hydrogen-bond acceptors (Lipinski definition) is 4. The molecule has 0 saturated carbocycles. The minimum absolute atomic E-state index is 0.0742. The Bertz CT molecular complexity index is 634. The molecule has 0 fully saturated rings. The van der Waals surface area contributed by atoms with Crippen LogP contribution >= 0.6 is 11.6 Å². The molecule has 24 heavy (non-hydrogen) atoms. The Morgan fingerprint density at radius 1 is 1.29 bits per heavy atom. The third-order valence-corrected chi connectivity index (χ3v) is 3.95. The maximum atomic E-state index is 12.2. The summed E-state index contributed by atoms with van der Waals surface area (Å²) in [6.07, 6.45) is 2.47. The van der Waals surface area contributed by atoms with E-state index in [1.165, 1.54) is 0 Å². The van der Waals surface area contributed by atoms with Crippen molar-refractivity contribution in [3.63, 3.8) is 0 Å². The Morgan fingerprint density at radius 2 is 2.04 bits per heavy atom. The van der Waals surface area contributed by atoms with Gasteiger partial charge >= 0.3 is 0 Å². The monoisotopic (exact) mass is 347 g/mol. The summed E-state index contributed by atoms with van der Waals surface area (Å²) in [7, 11) is 1.92. The number of aromatic nitrogens is 1. The molecule has 1 heterocycles. The molecule has 0 radical (unpaired) electrons. The first-order valence-electron chi connectivity index (χ1n) is 7.87. The van der Waals surface area contributed by atoms with Crippen molar-refractivity contribution in [3.05, 3.63) is 53.7 Å². The van der Waals surface area contributed by atoms with Gasteiger partial charge in [0.25, 0.3) is 0 Å². The molecule has 5 nitrogen and oxygen atoms in total. The van der Waals surface area contributed by atoms with Gasteiger partial charge in [0.15, 0.2) is 0 Å². The van der Waals surface area contributed by atoms with Gasteiger partial charge in [0, 0.05) is 17.8 Å². The highest BCUT2D eigenvalue weighted by molar-refractivity contribution is 6.30. The summed E-state index contributed by atoms with van der Waals surface area (Å²) in [4.78, 5) is 18.3. The van der Waals surface area contributed by atoms with Gasteiger partial charge in [-0.05, 0) is 56.8 Å². The van der Waals surface area contributed by atoms with Gasteiger partial charge in [-0.2, -0.15) is 0 Å². The van der Waals surface area contributed by atoms with Gasteiger partial charge in [-0.25, -0.2) is 4.98 Å². The standard InChI is InChI=1S/C18H22ClN3O2/c1-14(18(23)21-17-6-3-4-11-20-17)22(2)12-5-13-24-16-9-7-15(19)8-10-16/h3-4,6-11,14H,5,12-13H2,1-2H3,(H,20,21,23). The molecular formula is C18H22ClN3O2. The average Bonchev–Trinajstić information content (AvgIpc) is 2.60. The van der Waals surface area contributed by atoms with Crippen LogP contribution in [0.3, 0.4) is 0 Å². The summed E-state index contributed by atoms with van der Waals surface area (Å²) in [6, 6.07) is 12.5. The second kappa shape index (κ2) is 9.25. The zero-order valence-electron chi connectivity index (χ0n) is 13.9. The number of likely N-dealkylation sites (N-methyl/N-ethyl adjacent to an activating group) is 1. The molecule has 0 aliphatic rings. The normalized spacial score (nSPS) is 12.0. The van der Waals surface area contributed by atoms with E-state index in [-0.39, 0.29) is 11.9 Å². The highest BCUT2D eigenvalue weighted by atomic mass is 35.5. The van der Waals surface area contributed by atoms with Crippen molar-refractivity contribution in [2.45, 2.75) is 19.4 Å². The fraction of sp³-hybridized carbons (Fsp3) is 0.333. The van der Waals surface area contributed by atoms with E-state index in [0.717, 1.165) is 18.7 Å². The highest BCUT2D eigenvalue weighted by Gasteiger charge is 2.18.